The monoisotopic (exact) mass is 382 g/mol. The van der Waals surface area contributed by atoms with E-state index in [1.165, 1.54) is 0 Å². The molecule has 0 aliphatic carbocycles. The van der Waals surface area contributed by atoms with Gasteiger partial charge in [0.2, 0.25) is 0 Å². The smallest absolute Gasteiger partial charge is 0.343 e. The van der Waals surface area contributed by atoms with E-state index in [4.69, 9.17) is 9.84 Å². The van der Waals surface area contributed by atoms with Crippen LogP contribution in [0.5, 0.6) is 0 Å². The molecular formula is C11H16Br2N2O3. The molecule has 18 heavy (non-hydrogen) atoms. The Morgan fingerprint density at radius 1 is 1.56 bits per heavy atom. The molecule has 0 bridgehead atoms. The molecule has 1 unspecified atom stereocenters. The first-order chi connectivity index (χ1) is 8.52. The van der Waals surface area contributed by atoms with Gasteiger partial charge in [0.1, 0.15) is 14.8 Å². The lowest BCUT2D eigenvalue weighted by Crippen LogP contribution is -2.09. The molecule has 5 nitrogen and oxygen atoms in total. The van der Waals surface area contributed by atoms with E-state index in [1.807, 2.05) is 6.92 Å². The van der Waals surface area contributed by atoms with Crippen LogP contribution in [0, 0.1) is 0 Å². The minimum atomic E-state index is -0.406. The SMILES string of the molecule is CCOC(=O)c1c(Br)nn(C(C)CCCO)c1Br. The fraction of sp³-hybridized carbons (Fsp3) is 0.636. The van der Waals surface area contributed by atoms with Crippen molar-refractivity contribution in [1.82, 2.24) is 9.78 Å². The Kier molecular flexibility index (Phi) is 6.31. The molecule has 1 aromatic rings. The molecule has 0 saturated heterocycles. The maximum atomic E-state index is 11.8. The van der Waals surface area contributed by atoms with Gasteiger partial charge in [0, 0.05) is 6.61 Å². The molecule has 0 amide bonds. The molecule has 0 aliphatic rings. The number of halogens is 2. The highest BCUT2D eigenvalue weighted by Gasteiger charge is 2.24. The molecule has 0 fully saturated rings. The summed E-state index contributed by atoms with van der Waals surface area (Å²) in [6, 6.07) is 0.0889. The predicted octanol–water partition coefficient (Wildman–Crippen LogP) is 2.92. The number of aliphatic hydroxyl groups is 1. The van der Waals surface area contributed by atoms with E-state index in [9.17, 15) is 4.79 Å². The molecule has 0 saturated carbocycles. The number of hydrogen-bond acceptors (Lipinski definition) is 4. The van der Waals surface area contributed by atoms with Crippen molar-refractivity contribution in [3.05, 3.63) is 14.8 Å². The molecule has 1 N–H and O–H groups in total. The number of carbonyl (C=O) groups is 1. The molecule has 0 aromatic carbocycles. The molecule has 1 heterocycles. The number of aliphatic hydroxyl groups excluding tert-OH is 1. The Morgan fingerprint density at radius 2 is 2.22 bits per heavy atom. The first kappa shape index (κ1) is 15.7. The zero-order valence-corrected chi connectivity index (χ0v) is 13.5. The fourth-order valence-corrected chi connectivity index (χ4v) is 3.13. The summed E-state index contributed by atoms with van der Waals surface area (Å²) in [6.07, 6.45) is 1.48. The van der Waals surface area contributed by atoms with Crippen molar-refractivity contribution in [2.45, 2.75) is 32.7 Å². The topological polar surface area (TPSA) is 64.3 Å². The summed E-state index contributed by atoms with van der Waals surface area (Å²) in [5.74, 6) is -0.406. The quantitative estimate of drug-likeness (QED) is 0.767. The van der Waals surface area contributed by atoms with Gasteiger partial charge in [-0.25, -0.2) is 4.79 Å². The molecular weight excluding hydrogens is 368 g/mol. The van der Waals surface area contributed by atoms with Crippen LogP contribution in [0.3, 0.4) is 0 Å². The number of esters is 1. The zero-order valence-electron chi connectivity index (χ0n) is 10.3. The molecule has 0 spiro atoms. The van der Waals surface area contributed by atoms with Crippen molar-refractivity contribution in [1.29, 1.82) is 0 Å². The minimum absolute atomic E-state index is 0.0889. The Hall–Kier alpha value is -0.400. The van der Waals surface area contributed by atoms with Gasteiger partial charge in [0.25, 0.3) is 0 Å². The average Bonchev–Trinajstić information content (AvgIpc) is 2.62. The van der Waals surface area contributed by atoms with Gasteiger partial charge in [-0.15, -0.1) is 0 Å². The van der Waals surface area contributed by atoms with E-state index >= 15 is 0 Å². The first-order valence-electron chi connectivity index (χ1n) is 5.74. The molecule has 1 aromatic heterocycles. The fourth-order valence-electron chi connectivity index (χ4n) is 1.56. The number of hydrogen-bond donors (Lipinski definition) is 1. The number of ether oxygens (including phenoxy) is 1. The zero-order chi connectivity index (χ0) is 13.7. The molecule has 0 aliphatic heterocycles. The van der Waals surface area contributed by atoms with Crippen LogP contribution in [0.2, 0.25) is 0 Å². The second kappa shape index (κ2) is 7.25. The number of nitrogens with zero attached hydrogens (tertiary/aromatic N) is 2. The number of carbonyl (C=O) groups excluding carboxylic acids is 1. The van der Waals surface area contributed by atoms with Gasteiger partial charge in [-0.05, 0) is 58.5 Å². The first-order valence-corrected chi connectivity index (χ1v) is 7.33. The van der Waals surface area contributed by atoms with Crippen LogP contribution < -0.4 is 0 Å². The van der Waals surface area contributed by atoms with Gasteiger partial charge in [0.05, 0.1) is 12.6 Å². The van der Waals surface area contributed by atoms with E-state index in [-0.39, 0.29) is 12.6 Å². The summed E-state index contributed by atoms with van der Waals surface area (Å²) in [5, 5.41) is 13.1. The normalized spacial score (nSPS) is 12.5. The van der Waals surface area contributed by atoms with Crippen molar-refractivity contribution < 1.29 is 14.6 Å². The van der Waals surface area contributed by atoms with Crippen molar-refractivity contribution in [3.63, 3.8) is 0 Å². The van der Waals surface area contributed by atoms with E-state index < -0.39 is 5.97 Å². The molecule has 7 heteroatoms. The highest BCUT2D eigenvalue weighted by molar-refractivity contribution is 9.11. The average molecular weight is 384 g/mol. The molecule has 102 valence electrons. The lowest BCUT2D eigenvalue weighted by molar-refractivity contribution is 0.0524. The van der Waals surface area contributed by atoms with E-state index in [2.05, 4.69) is 37.0 Å². The van der Waals surface area contributed by atoms with E-state index in [0.717, 1.165) is 6.42 Å². The van der Waals surface area contributed by atoms with Gasteiger partial charge < -0.3 is 9.84 Å². The van der Waals surface area contributed by atoms with Crippen LogP contribution in [0.4, 0.5) is 0 Å². The maximum Gasteiger partial charge on any atom is 0.343 e. The third-order valence-electron chi connectivity index (χ3n) is 2.49. The molecule has 1 rings (SSSR count). The summed E-state index contributed by atoms with van der Waals surface area (Å²) >= 11 is 6.64. The summed E-state index contributed by atoms with van der Waals surface area (Å²) in [4.78, 5) is 11.8. The second-order valence-electron chi connectivity index (χ2n) is 3.84. The van der Waals surface area contributed by atoms with Crippen LogP contribution in [0.25, 0.3) is 0 Å². The third-order valence-corrected chi connectivity index (χ3v) is 3.80. The van der Waals surface area contributed by atoms with E-state index in [1.54, 1.807) is 11.6 Å². The Balaban J connectivity index is 2.96. The van der Waals surface area contributed by atoms with Crippen molar-refractivity contribution in [2.75, 3.05) is 13.2 Å². The van der Waals surface area contributed by atoms with Crippen LogP contribution in [-0.4, -0.2) is 34.1 Å². The maximum absolute atomic E-state index is 11.8. The van der Waals surface area contributed by atoms with Gasteiger partial charge in [0.15, 0.2) is 0 Å². The van der Waals surface area contributed by atoms with Gasteiger partial charge in [-0.3, -0.25) is 4.68 Å². The summed E-state index contributed by atoms with van der Waals surface area (Å²) < 4.78 is 7.74. The largest absolute Gasteiger partial charge is 0.462 e. The minimum Gasteiger partial charge on any atom is -0.462 e. The predicted molar refractivity (Wildman–Crippen MR) is 74.6 cm³/mol. The van der Waals surface area contributed by atoms with Crippen LogP contribution >= 0.6 is 31.9 Å². The van der Waals surface area contributed by atoms with Crippen LogP contribution in [0.15, 0.2) is 9.21 Å². The number of aromatic nitrogens is 2. The Labute approximate surface area is 123 Å². The summed E-state index contributed by atoms with van der Waals surface area (Å²) in [5.41, 5.74) is 0.396. The summed E-state index contributed by atoms with van der Waals surface area (Å²) in [6.45, 7) is 4.21. The van der Waals surface area contributed by atoms with Crippen molar-refractivity contribution in [2.24, 2.45) is 0 Å². The van der Waals surface area contributed by atoms with Crippen molar-refractivity contribution >= 4 is 37.8 Å². The lowest BCUT2D eigenvalue weighted by Gasteiger charge is -2.12. The highest BCUT2D eigenvalue weighted by atomic mass is 79.9. The number of rotatable bonds is 6. The highest BCUT2D eigenvalue weighted by Crippen LogP contribution is 2.29. The van der Waals surface area contributed by atoms with Crippen LogP contribution in [0.1, 0.15) is 43.1 Å². The van der Waals surface area contributed by atoms with Crippen LogP contribution in [-0.2, 0) is 4.74 Å². The van der Waals surface area contributed by atoms with Crippen molar-refractivity contribution in [3.8, 4) is 0 Å². The lowest BCUT2D eigenvalue weighted by atomic mass is 10.2. The van der Waals surface area contributed by atoms with Gasteiger partial charge in [-0.1, -0.05) is 0 Å². The second-order valence-corrected chi connectivity index (χ2v) is 5.34. The summed E-state index contributed by atoms with van der Waals surface area (Å²) in [7, 11) is 0. The molecule has 0 radical (unpaired) electrons. The van der Waals surface area contributed by atoms with E-state index in [0.29, 0.717) is 27.8 Å². The van der Waals surface area contributed by atoms with Gasteiger partial charge >= 0.3 is 5.97 Å². The Morgan fingerprint density at radius 3 is 2.78 bits per heavy atom. The standard InChI is InChI=1S/C11H16Br2N2O3/c1-3-18-11(17)8-9(12)14-15(10(8)13)7(2)5-4-6-16/h7,16H,3-6H2,1-2H3. The third kappa shape index (κ3) is 3.55. The van der Waals surface area contributed by atoms with Gasteiger partial charge in [-0.2, -0.15) is 5.10 Å². The molecule has 1 atom stereocenters. The Bertz CT molecular complexity index is 421.